The first-order valence-corrected chi connectivity index (χ1v) is 7.85. The summed E-state index contributed by atoms with van der Waals surface area (Å²) >= 11 is 0. The van der Waals surface area contributed by atoms with Gasteiger partial charge in [0.05, 0.1) is 6.10 Å². The Morgan fingerprint density at radius 2 is 1.95 bits per heavy atom. The van der Waals surface area contributed by atoms with E-state index in [9.17, 15) is 5.11 Å². The summed E-state index contributed by atoms with van der Waals surface area (Å²) in [6.45, 7) is 4.44. The van der Waals surface area contributed by atoms with Crippen molar-refractivity contribution in [2.24, 2.45) is 5.92 Å². The van der Waals surface area contributed by atoms with Gasteiger partial charge >= 0.3 is 0 Å². The molecule has 112 valence electrons. The molecule has 1 atom stereocenters. The number of rotatable bonds is 4. The average molecular weight is 275 g/mol. The van der Waals surface area contributed by atoms with Gasteiger partial charge in [-0.3, -0.25) is 0 Å². The van der Waals surface area contributed by atoms with Crippen LogP contribution in [0.3, 0.4) is 0 Å². The van der Waals surface area contributed by atoms with Crippen molar-refractivity contribution in [3.63, 3.8) is 0 Å². The van der Waals surface area contributed by atoms with Crippen molar-refractivity contribution in [1.82, 2.24) is 4.90 Å². The molecule has 1 aliphatic rings. The predicted molar refractivity (Wildman–Crippen MR) is 84.9 cm³/mol. The molecule has 1 aromatic rings. The maximum absolute atomic E-state index is 10.9. The third-order valence-electron chi connectivity index (χ3n) is 5.16. The molecule has 0 spiro atoms. The molecule has 20 heavy (non-hydrogen) atoms. The lowest BCUT2D eigenvalue weighted by Crippen LogP contribution is -2.56. The number of likely N-dealkylation sites (N-methyl/N-ethyl adjacent to an activating group) is 1. The van der Waals surface area contributed by atoms with Gasteiger partial charge in [-0.25, -0.2) is 0 Å². The number of aryl methyl sites for hydroxylation is 1. The minimum atomic E-state index is -0.285. The molecule has 1 unspecified atom stereocenters. The van der Waals surface area contributed by atoms with Crippen LogP contribution in [0.5, 0.6) is 0 Å². The Balaban J connectivity index is 2.13. The zero-order chi connectivity index (χ0) is 14.8. The third kappa shape index (κ3) is 3.24. The predicted octanol–water partition coefficient (Wildman–Crippen LogP) is 3.41. The number of benzene rings is 1. The highest BCUT2D eigenvalue weighted by Crippen LogP contribution is 2.38. The van der Waals surface area contributed by atoms with Crippen molar-refractivity contribution in [1.29, 1.82) is 0 Å². The molecular weight excluding hydrogens is 246 g/mol. The van der Waals surface area contributed by atoms with E-state index in [4.69, 9.17) is 0 Å². The van der Waals surface area contributed by atoms with Crippen molar-refractivity contribution in [3.05, 3.63) is 35.4 Å². The Morgan fingerprint density at radius 1 is 1.30 bits per heavy atom. The van der Waals surface area contributed by atoms with Crippen molar-refractivity contribution < 1.29 is 5.11 Å². The fourth-order valence-electron chi connectivity index (χ4n) is 3.59. The third-order valence-corrected chi connectivity index (χ3v) is 5.16. The van der Waals surface area contributed by atoms with Crippen LogP contribution in [0, 0.1) is 12.8 Å². The number of aliphatic hydroxyl groups is 1. The molecule has 0 radical (unpaired) electrons. The van der Waals surface area contributed by atoms with Gasteiger partial charge in [0.1, 0.15) is 0 Å². The number of hydrogen-bond acceptors (Lipinski definition) is 2. The van der Waals surface area contributed by atoms with Crippen molar-refractivity contribution >= 4 is 0 Å². The van der Waals surface area contributed by atoms with E-state index in [1.54, 1.807) is 0 Å². The highest BCUT2D eigenvalue weighted by Gasteiger charge is 2.42. The summed E-state index contributed by atoms with van der Waals surface area (Å²) in [7, 11) is 4.24. The van der Waals surface area contributed by atoms with E-state index in [-0.39, 0.29) is 11.6 Å². The fourth-order valence-corrected chi connectivity index (χ4v) is 3.59. The standard InChI is InChI=1S/C18H29NO/c1-14-8-10-18(11-9-14,19(3)4)17(20)13-16-7-5-6-15(2)12-16/h5-7,12,14,17,20H,8-11,13H2,1-4H3. The Labute approximate surface area is 123 Å². The molecule has 0 heterocycles. The maximum atomic E-state index is 10.9. The van der Waals surface area contributed by atoms with Gasteiger partial charge in [-0.05, 0) is 58.2 Å². The van der Waals surface area contributed by atoms with Gasteiger partial charge < -0.3 is 10.0 Å². The van der Waals surface area contributed by atoms with Crippen molar-refractivity contribution in [2.75, 3.05) is 14.1 Å². The molecular formula is C18H29NO. The van der Waals surface area contributed by atoms with Gasteiger partial charge in [0.2, 0.25) is 0 Å². The summed E-state index contributed by atoms with van der Waals surface area (Å²) in [5.74, 6) is 0.800. The average Bonchev–Trinajstić information content (AvgIpc) is 2.39. The first-order chi connectivity index (χ1) is 9.44. The van der Waals surface area contributed by atoms with Crippen LogP contribution < -0.4 is 0 Å². The summed E-state index contributed by atoms with van der Waals surface area (Å²) in [6.07, 6.45) is 5.13. The molecule has 0 saturated heterocycles. The van der Waals surface area contributed by atoms with Crippen LogP contribution >= 0.6 is 0 Å². The smallest absolute Gasteiger partial charge is 0.0763 e. The molecule has 0 bridgehead atoms. The number of aliphatic hydroxyl groups excluding tert-OH is 1. The summed E-state index contributed by atoms with van der Waals surface area (Å²) in [4.78, 5) is 2.26. The second-order valence-electron chi connectivity index (χ2n) is 6.89. The Hall–Kier alpha value is -0.860. The second kappa shape index (κ2) is 6.28. The highest BCUT2D eigenvalue weighted by molar-refractivity contribution is 5.23. The SMILES string of the molecule is Cc1cccc(CC(O)C2(N(C)C)CCC(C)CC2)c1. The van der Waals surface area contributed by atoms with Gasteiger partial charge in [-0.2, -0.15) is 0 Å². The maximum Gasteiger partial charge on any atom is 0.0763 e. The first-order valence-electron chi connectivity index (χ1n) is 7.85. The molecule has 1 N–H and O–H groups in total. The molecule has 1 fully saturated rings. The largest absolute Gasteiger partial charge is 0.391 e. The van der Waals surface area contributed by atoms with Crippen LogP contribution in [-0.4, -0.2) is 35.7 Å². The zero-order valence-corrected chi connectivity index (χ0v) is 13.4. The molecule has 2 nitrogen and oxygen atoms in total. The lowest BCUT2D eigenvalue weighted by atomic mass is 9.72. The Bertz CT molecular complexity index is 433. The number of nitrogens with zero attached hydrogens (tertiary/aromatic N) is 1. The monoisotopic (exact) mass is 275 g/mol. The van der Waals surface area contributed by atoms with Crippen LogP contribution in [0.4, 0.5) is 0 Å². The quantitative estimate of drug-likeness (QED) is 0.910. The summed E-state index contributed by atoms with van der Waals surface area (Å²) < 4.78 is 0. The van der Waals surface area contributed by atoms with E-state index in [0.717, 1.165) is 25.2 Å². The second-order valence-corrected chi connectivity index (χ2v) is 6.89. The van der Waals surface area contributed by atoms with E-state index in [2.05, 4.69) is 57.1 Å². The van der Waals surface area contributed by atoms with Gasteiger partial charge in [-0.15, -0.1) is 0 Å². The van der Waals surface area contributed by atoms with Crippen molar-refractivity contribution in [2.45, 2.75) is 57.6 Å². The minimum absolute atomic E-state index is 0.0454. The van der Waals surface area contributed by atoms with Crippen LogP contribution in [0.15, 0.2) is 24.3 Å². The topological polar surface area (TPSA) is 23.5 Å². The van der Waals surface area contributed by atoms with E-state index in [1.807, 2.05) is 0 Å². The molecule has 2 rings (SSSR count). The molecule has 0 aliphatic heterocycles. The van der Waals surface area contributed by atoms with E-state index < -0.39 is 0 Å². The van der Waals surface area contributed by atoms with Gasteiger partial charge in [0.15, 0.2) is 0 Å². The highest BCUT2D eigenvalue weighted by atomic mass is 16.3. The summed E-state index contributed by atoms with van der Waals surface area (Å²) in [5, 5.41) is 10.9. The van der Waals surface area contributed by atoms with Gasteiger partial charge in [0.25, 0.3) is 0 Å². The van der Waals surface area contributed by atoms with E-state index >= 15 is 0 Å². The van der Waals surface area contributed by atoms with Gasteiger partial charge in [0, 0.05) is 12.0 Å². The molecule has 1 aliphatic carbocycles. The van der Waals surface area contributed by atoms with Crippen LogP contribution in [0.1, 0.15) is 43.7 Å². The van der Waals surface area contributed by atoms with Crippen LogP contribution in [-0.2, 0) is 6.42 Å². The number of hydrogen-bond donors (Lipinski definition) is 1. The van der Waals surface area contributed by atoms with Gasteiger partial charge in [-0.1, -0.05) is 36.8 Å². The normalized spacial score (nSPS) is 28.6. The molecule has 0 amide bonds. The Kier molecular flexibility index (Phi) is 4.87. The molecule has 0 aromatic heterocycles. The summed E-state index contributed by atoms with van der Waals surface area (Å²) in [6, 6.07) is 8.52. The zero-order valence-electron chi connectivity index (χ0n) is 13.4. The Morgan fingerprint density at radius 3 is 2.50 bits per heavy atom. The lowest BCUT2D eigenvalue weighted by molar-refractivity contribution is -0.0382. The summed E-state index contributed by atoms with van der Waals surface area (Å²) in [5.41, 5.74) is 2.47. The van der Waals surface area contributed by atoms with Crippen LogP contribution in [0.2, 0.25) is 0 Å². The van der Waals surface area contributed by atoms with Crippen molar-refractivity contribution in [3.8, 4) is 0 Å². The van der Waals surface area contributed by atoms with Crippen LogP contribution in [0.25, 0.3) is 0 Å². The molecule has 2 heteroatoms. The fraction of sp³-hybridized carbons (Fsp3) is 0.667. The molecule has 1 saturated carbocycles. The van der Waals surface area contributed by atoms with E-state index in [1.165, 1.54) is 24.0 Å². The lowest BCUT2D eigenvalue weighted by Gasteiger charge is -2.47. The molecule has 1 aromatic carbocycles. The minimum Gasteiger partial charge on any atom is -0.391 e. The van der Waals surface area contributed by atoms with E-state index in [0.29, 0.717) is 0 Å². The first kappa shape index (κ1) is 15.5.